The summed E-state index contributed by atoms with van der Waals surface area (Å²) in [6, 6.07) is 14.6. The molecule has 0 saturated carbocycles. The molecule has 2 atom stereocenters. The summed E-state index contributed by atoms with van der Waals surface area (Å²) in [4.78, 5) is 24.8. The maximum absolute atomic E-state index is 12.6. The summed E-state index contributed by atoms with van der Waals surface area (Å²) in [5.74, 6) is 0.566. The molecule has 0 spiro atoms. The molecule has 0 aromatic heterocycles. The minimum absolute atomic E-state index is 0.218. The monoisotopic (exact) mass is 398 g/mol. The lowest BCUT2D eigenvalue weighted by Crippen LogP contribution is -2.31. The van der Waals surface area contributed by atoms with Gasteiger partial charge in [0.2, 0.25) is 0 Å². The van der Waals surface area contributed by atoms with Crippen molar-refractivity contribution in [1.29, 1.82) is 0 Å². The Labute approximate surface area is 172 Å². The molecule has 2 unspecified atom stereocenters. The van der Waals surface area contributed by atoms with Gasteiger partial charge >= 0.3 is 0 Å². The lowest BCUT2D eigenvalue weighted by Gasteiger charge is -2.19. The van der Waals surface area contributed by atoms with Crippen LogP contribution in [0.5, 0.6) is 5.75 Å². The molecule has 2 N–H and O–H groups in total. The van der Waals surface area contributed by atoms with Crippen LogP contribution in [0.2, 0.25) is 0 Å². The van der Waals surface area contributed by atoms with E-state index in [1.807, 2.05) is 24.3 Å². The highest BCUT2D eigenvalue weighted by atomic mass is 16.5. The highest BCUT2D eigenvalue weighted by molar-refractivity contribution is 5.98. The lowest BCUT2D eigenvalue weighted by molar-refractivity contribution is -0.122. The number of methoxy groups -OCH3 is 1. The van der Waals surface area contributed by atoms with E-state index in [1.165, 1.54) is 0 Å². The van der Waals surface area contributed by atoms with Gasteiger partial charge in [-0.3, -0.25) is 9.59 Å². The molecule has 0 aliphatic heterocycles. The molecule has 156 valence electrons. The summed E-state index contributed by atoms with van der Waals surface area (Å²) in [5, 5.41) is 5.58. The first-order chi connectivity index (χ1) is 14.0. The number of para-hydroxylation sites is 1. The van der Waals surface area contributed by atoms with Crippen LogP contribution < -0.4 is 15.4 Å². The second-order valence-electron chi connectivity index (χ2n) is 6.93. The molecule has 0 fully saturated rings. The van der Waals surface area contributed by atoms with Crippen LogP contribution in [-0.4, -0.2) is 38.2 Å². The van der Waals surface area contributed by atoms with E-state index in [4.69, 9.17) is 9.47 Å². The van der Waals surface area contributed by atoms with Crippen molar-refractivity contribution in [2.45, 2.75) is 39.2 Å². The number of hydrogen-bond donors (Lipinski definition) is 2. The van der Waals surface area contributed by atoms with Crippen LogP contribution in [0, 0.1) is 0 Å². The summed E-state index contributed by atoms with van der Waals surface area (Å²) >= 11 is 0. The van der Waals surface area contributed by atoms with E-state index in [0.717, 1.165) is 17.7 Å². The SMILES string of the molecule is CCC(C)c1ccccc1OC(C)C(=O)Nc1cccc(C(=O)NCCOC)c1. The molecule has 0 aliphatic carbocycles. The van der Waals surface area contributed by atoms with Crippen molar-refractivity contribution < 1.29 is 19.1 Å². The van der Waals surface area contributed by atoms with Crippen molar-refractivity contribution in [2.24, 2.45) is 0 Å². The number of benzene rings is 2. The summed E-state index contributed by atoms with van der Waals surface area (Å²) < 4.78 is 10.9. The van der Waals surface area contributed by atoms with Crippen LogP contribution in [0.15, 0.2) is 48.5 Å². The van der Waals surface area contributed by atoms with E-state index in [2.05, 4.69) is 24.5 Å². The molecular formula is C23H30N2O4. The number of ether oxygens (including phenoxy) is 2. The van der Waals surface area contributed by atoms with Crippen molar-refractivity contribution in [1.82, 2.24) is 5.32 Å². The van der Waals surface area contributed by atoms with Gasteiger partial charge in [0.05, 0.1) is 6.61 Å². The molecule has 6 heteroatoms. The Kier molecular flexibility index (Phi) is 8.68. The fourth-order valence-electron chi connectivity index (χ4n) is 2.81. The predicted molar refractivity (Wildman–Crippen MR) is 115 cm³/mol. The molecule has 2 rings (SSSR count). The smallest absolute Gasteiger partial charge is 0.265 e. The van der Waals surface area contributed by atoms with Gasteiger partial charge < -0.3 is 20.1 Å². The molecule has 2 aromatic rings. The first-order valence-electron chi connectivity index (χ1n) is 9.89. The first kappa shape index (κ1) is 22.4. The molecule has 0 aliphatic rings. The molecular weight excluding hydrogens is 368 g/mol. The van der Waals surface area contributed by atoms with E-state index in [9.17, 15) is 9.59 Å². The standard InChI is InChI=1S/C23H30N2O4/c1-5-16(2)20-11-6-7-12-21(20)29-17(3)22(26)25-19-10-8-9-18(15-19)23(27)24-13-14-28-4/h6-12,15-17H,5,13-14H2,1-4H3,(H,24,27)(H,25,26). The topological polar surface area (TPSA) is 76.7 Å². The Balaban J connectivity index is 2.02. The predicted octanol–water partition coefficient (Wildman–Crippen LogP) is 3.98. The summed E-state index contributed by atoms with van der Waals surface area (Å²) in [6.45, 7) is 6.83. The third-order valence-electron chi connectivity index (χ3n) is 4.72. The average molecular weight is 399 g/mol. The number of carbonyl (C=O) groups is 2. The minimum atomic E-state index is -0.681. The Morgan fingerprint density at radius 2 is 1.83 bits per heavy atom. The number of rotatable bonds is 10. The Morgan fingerprint density at radius 3 is 2.55 bits per heavy atom. The van der Waals surface area contributed by atoms with Gasteiger partial charge in [-0.15, -0.1) is 0 Å². The van der Waals surface area contributed by atoms with Gasteiger partial charge in [0.25, 0.3) is 11.8 Å². The fraction of sp³-hybridized carbons (Fsp3) is 0.391. The number of nitrogens with one attached hydrogen (secondary N) is 2. The zero-order valence-electron chi connectivity index (χ0n) is 17.5. The highest BCUT2D eigenvalue weighted by Gasteiger charge is 2.18. The van der Waals surface area contributed by atoms with Gasteiger partial charge in [0.1, 0.15) is 5.75 Å². The first-order valence-corrected chi connectivity index (χ1v) is 9.89. The van der Waals surface area contributed by atoms with Gasteiger partial charge in [-0.1, -0.05) is 38.1 Å². The van der Waals surface area contributed by atoms with E-state index >= 15 is 0 Å². The van der Waals surface area contributed by atoms with Gasteiger partial charge in [0, 0.05) is 24.9 Å². The fourth-order valence-corrected chi connectivity index (χ4v) is 2.81. The van der Waals surface area contributed by atoms with E-state index in [0.29, 0.717) is 30.3 Å². The summed E-state index contributed by atoms with van der Waals surface area (Å²) in [6.07, 6.45) is 0.305. The zero-order chi connectivity index (χ0) is 21.2. The molecule has 0 radical (unpaired) electrons. The molecule has 0 bridgehead atoms. The molecule has 0 heterocycles. The van der Waals surface area contributed by atoms with E-state index < -0.39 is 6.10 Å². The van der Waals surface area contributed by atoms with Crippen LogP contribution in [-0.2, 0) is 9.53 Å². The van der Waals surface area contributed by atoms with Crippen molar-refractivity contribution >= 4 is 17.5 Å². The van der Waals surface area contributed by atoms with Gasteiger partial charge in [-0.05, 0) is 49.1 Å². The van der Waals surface area contributed by atoms with Crippen molar-refractivity contribution in [3.05, 3.63) is 59.7 Å². The normalized spacial score (nSPS) is 12.7. The van der Waals surface area contributed by atoms with E-state index in [-0.39, 0.29) is 11.8 Å². The average Bonchev–Trinajstić information content (AvgIpc) is 2.73. The Hall–Kier alpha value is -2.86. The third-order valence-corrected chi connectivity index (χ3v) is 4.72. The van der Waals surface area contributed by atoms with E-state index in [1.54, 1.807) is 38.3 Å². The number of amides is 2. The molecule has 29 heavy (non-hydrogen) atoms. The van der Waals surface area contributed by atoms with Crippen LogP contribution in [0.3, 0.4) is 0 Å². The quantitative estimate of drug-likeness (QED) is 0.594. The van der Waals surface area contributed by atoms with Gasteiger partial charge in [-0.25, -0.2) is 0 Å². The number of hydrogen-bond acceptors (Lipinski definition) is 4. The van der Waals surface area contributed by atoms with Crippen LogP contribution in [0.25, 0.3) is 0 Å². The molecule has 0 saturated heterocycles. The summed E-state index contributed by atoms with van der Waals surface area (Å²) in [7, 11) is 1.58. The van der Waals surface area contributed by atoms with Crippen LogP contribution >= 0.6 is 0 Å². The molecule has 6 nitrogen and oxygen atoms in total. The lowest BCUT2D eigenvalue weighted by atomic mass is 9.98. The maximum atomic E-state index is 12.6. The zero-order valence-corrected chi connectivity index (χ0v) is 17.5. The Bertz CT molecular complexity index is 822. The van der Waals surface area contributed by atoms with Gasteiger partial charge in [-0.2, -0.15) is 0 Å². The van der Waals surface area contributed by atoms with Crippen LogP contribution in [0.1, 0.15) is 49.0 Å². The van der Waals surface area contributed by atoms with Crippen molar-refractivity contribution in [3.8, 4) is 5.75 Å². The number of carbonyl (C=O) groups excluding carboxylic acids is 2. The van der Waals surface area contributed by atoms with Gasteiger partial charge in [0.15, 0.2) is 6.10 Å². The maximum Gasteiger partial charge on any atom is 0.265 e. The largest absolute Gasteiger partial charge is 0.481 e. The molecule has 2 aromatic carbocycles. The third kappa shape index (κ3) is 6.61. The number of anilines is 1. The minimum Gasteiger partial charge on any atom is -0.481 e. The van der Waals surface area contributed by atoms with Crippen LogP contribution in [0.4, 0.5) is 5.69 Å². The van der Waals surface area contributed by atoms with Crippen molar-refractivity contribution in [3.63, 3.8) is 0 Å². The molecule has 2 amide bonds. The second-order valence-corrected chi connectivity index (χ2v) is 6.93. The Morgan fingerprint density at radius 1 is 1.07 bits per heavy atom. The highest BCUT2D eigenvalue weighted by Crippen LogP contribution is 2.29. The van der Waals surface area contributed by atoms with Crippen molar-refractivity contribution in [2.75, 3.05) is 25.6 Å². The summed E-state index contributed by atoms with van der Waals surface area (Å²) in [5.41, 5.74) is 2.10. The second kappa shape index (κ2) is 11.2.